The molecular weight excluding hydrogens is 326 g/mol. The number of benzene rings is 1. The molecule has 0 saturated carbocycles. The maximum absolute atomic E-state index is 11.9. The van der Waals surface area contributed by atoms with Crippen LogP contribution in [-0.4, -0.2) is 29.9 Å². The molecule has 17 heavy (non-hydrogen) atoms. The predicted octanol–water partition coefficient (Wildman–Crippen LogP) is 1.57. The van der Waals surface area contributed by atoms with Crippen molar-refractivity contribution in [1.82, 2.24) is 0 Å². The van der Waals surface area contributed by atoms with Crippen molar-refractivity contribution >= 4 is 42.3 Å². The Kier molecular flexibility index (Phi) is 5.15. The Morgan fingerprint density at radius 3 is 2.59 bits per heavy atom. The second kappa shape index (κ2) is 5.97. The van der Waals surface area contributed by atoms with Crippen LogP contribution in [0.2, 0.25) is 0 Å². The average Bonchev–Trinajstić information content (AvgIpc) is 2.26. The zero-order chi connectivity index (χ0) is 13.1. The van der Waals surface area contributed by atoms with Gasteiger partial charge in [0.15, 0.2) is 9.84 Å². The van der Waals surface area contributed by atoms with Crippen molar-refractivity contribution in [3.8, 4) is 0 Å². The summed E-state index contributed by atoms with van der Waals surface area (Å²) in [4.78, 5) is 0.486. The van der Waals surface area contributed by atoms with Gasteiger partial charge in [0, 0.05) is 21.7 Å². The summed E-state index contributed by atoms with van der Waals surface area (Å²) in [5.41, 5.74) is 6.13. The van der Waals surface area contributed by atoms with Gasteiger partial charge in [-0.1, -0.05) is 22.9 Å². The van der Waals surface area contributed by atoms with E-state index < -0.39 is 20.6 Å². The number of anilines is 1. The molecule has 0 aromatic heterocycles. The van der Waals surface area contributed by atoms with Crippen LogP contribution in [0.25, 0.3) is 0 Å². The number of sulfone groups is 1. The first-order valence-corrected chi connectivity index (χ1v) is 8.93. The number of halogens is 1. The molecule has 1 unspecified atom stereocenters. The lowest BCUT2D eigenvalue weighted by Crippen LogP contribution is -2.15. The highest BCUT2D eigenvalue weighted by atomic mass is 79.9. The highest BCUT2D eigenvalue weighted by molar-refractivity contribution is 9.10. The van der Waals surface area contributed by atoms with Crippen molar-refractivity contribution < 1.29 is 12.6 Å². The van der Waals surface area contributed by atoms with Gasteiger partial charge < -0.3 is 5.73 Å². The van der Waals surface area contributed by atoms with E-state index in [-0.39, 0.29) is 17.3 Å². The van der Waals surface area contributed by atoms with Gasteiger partial charge in [0.05, 0.1) is 21.4 Å². The molecule has 0 heterocycles. The van der Waals surface area contributed by atoms with Crippen LogP contribution in [0.3, 0.4) is 0 Å². The van der Waals surface area contributed by atoms with Gasteiger partial charge in [0.2, 0.25) is 0 Å². The zero-order valence-corrected chi connectivity index (χ0v) is 12.6. The number of hydrogen-bond donors (Lipinski definition) is 1. The van der Waals surface area contributed by atoms with Gasteiger partial charge in [-0.15, -0.1) is 0 Å². The molecule has 0 spiro atoms. The largest absolute Gasteiger partial charge is 0.398 e. The van der Waals surface area contributed by atoms with E-state index in [2.05, 4.69) is 15.9 Å². The maximum Gasteiger partial charge on any atom is 0.150 e. The SMILES string of the molecule is CCS(=O)(=O)CCS(=O)c1ccc(Br)cc1N. The lowest BCUT2D eigenvalue weighted by molar-refractivity contribution is 0.598. The van der Waals surface area contributed by atoms with Gasteiger partial charge in [0.1, 0.15) is 0 Å². The molecule has 0 saturated heterocycles. The summed E-state index contributed by atoms with van der Waals surface area (Å²) in [5.74, 6) is 0.0770. The van der Waals surface area contributed by atoms with Crippen LogP contribution >= 0.6 is 15.9 Å². The first-order valence-electron chi connectivity index (χ1n) is 4.99. The van der Waals surface area contributed by atoms with E-state index >= 15 is 0 Å². The van der Waals surface area contributed by atoms with Crippen molar-refractivity contribution in [2.45, 2.75) is 11.8 Å². The molecule has 0 fully saturated rings. The van der Waals surface area contributed by atoms with Crippen molar-refractivity contribution in [1.29, 1.82) is 0 Å². The van der Waals surface area contributed by atoms with Crippen molar-refractivity contribution in [3.05, 3.63) is 22.7 Å². The molecule has 1 atom stereocenters. The van der Waals surface area contributed by atoms with Gasteiger partial charge in [-0.3, -0.25) is 4.21 Å². The lowest BCUT2D eigenvalue weighted by Gasteiger charge is -2.06. The second-order valence-corrected chi connectivity index (χ2v) is 8.40. The van der Waals surface area contributed by atoms with E-state index in [1.165, 1.54) is 0 Å². The Labute approximate surface area is 112 Å². The molecule has 1 aromatic rings. The molecule has 0 radical (unpaired) electrons. The Morgan fingerprint density at radius 1 is 1.41 bits per heavy atom. The molecule has 96 valence electrons. The van der Waals surface area contributed by atoms with E-state index in [4.69, 9.17) is 5.73 Å². The average molecular weight is 340 g/mol. The van der Waals surface area contributed by atoms with E-state index in [0.29, 0.717) is 10.6 Å². The third-order valence-corrected chi connectivity index (χ3v) is 6.13. The van der Waals surface area contributed by atoms with Crippen LogP contribution < -0.4 is 5.73 Å². The quantitative estimate of drug-likeness (QED) is 0.826. The molecule has 0 bridgehead atoms. The van der Waals surface area contributed by atoms with E-state index in [9.17, 15) is 12.6 Å². The van der Waals surface area contributed by atoms with Gasteiger partial charge in [-0.25, -0.2) is 8.42 Å². The standard InChI is InChI=1S/C10H14BrNO3S2/c1-2-17(14,15)6-5-16(13)10-4-3-8(11)7-9(10)12/h3-4,7H,2,5-6,12H2,1H3. The minimum Gasteiger partial charge on any atom is -0.398 e. The highest BCUT2D eigenvalue weighted by Crippen LogP contribution is 2.21. The Morgan fingerprint density at radius 2 is 2.06 bits per heavy atom. The highest BCUT2D eigenvalue weighted by Gasteiger charge is 2.13. The molecule has 1 aromatic carbocycles. The molecule has 0 aliphatic heterocycles. The van der Waals surface area contributed by atoms with Crippen LogP contribution in [0.1, 0.15) is 6.92 Å². The van der Waals surface area contributed by atoms with E-state index in [1.54, 1.807) is 25.1 Å². The molecule has 1 rings (SSSR count). The number of rotatable bonds is 5. The van der Waals surface area contributed by atoms with Crippen molar-refractivity contribution in [3.63, 3.8) is 0 Å². The van der Waals surface area contributed by atoms with Gasteiger partial charge in [0.25, 0.3) is 0 Å². The predicted molar refractivity (Wildman–Crippen MR) is 74.2 cm³/mol. The number of hydrogen-bond acceptors (Lipinski definition) is 4. The van der Waals surface area contributed by atoms with Crippen molar-refractivity contribution in [2.24, 2.45) is 0 Å². The smallest absolute Gasteiger partial charge is 0.150 e. The van der Waals surface area contributed by atoms with E-state index in [1.807, 2.05) is 0 Å². The summed E-state index contributed by atoms with van der Waals surface area (Å²) < 4.78 is 35.3. The fraction of sp³-hybridized carbons (Fsp3) is 0.400. The summed E-state index contributed by atoms with van der Waals surface area (Å²) >= 11 is 3.25. The Balaban J connectivity index is 2.78. The van der Waals surface area contributed by atoms with Crippen LogP contribution in [-0.2, 0) is 20.6 Å². The molecule has 0 aliphatic carbocycles. The fourth-order valence-electron chi connectivity index (χ4n) is 1.18. The molecular formula is C10H14BrNO3S2. The van der Waals surface area contributed by atoms with Crippen molar-refractivity contribution in [2.75, 3.05) is 23.0 Å². The molecule has 4 nitrogen and oxygen atoms in total. The van der Waals surface area contributed by atoms with Crippen LogP contribution in [0.4, 0.5) is 5.69 Å². The second-order valence-electron chi connectivity index (χ2n) is 3.47. The summed E-state index contributed by atoms with van der Waals surface area (Å²) in [6.45, 7) is 1.58. The third-order valence-electron chi connectivity index (χ3n) is 2.24. The molecule has 2 N–H and O–H groups in total. The van der Waals surface area contributed by atoms with E-state index in [0.717, 1.165) is 4.47 Å². The summed E-state index contributed by atoms with van der Waals surface area (Å²) in [6.07, 6.45) is 0. The number of nitrogens with two attached hydrogens (primary N) is 1. The zero-order valence-electron chi connectivity index (χ0n) is 9.35. The molecule has 0 amide bonds. The van der Waals surface area contributed by atoms with Gasteiger partial charge in [-0.05, 0) is 18.2 Å². The van der Waals surface area contributed by atoms with Crippen LogP contribution in [0.5, 0.6) is 0 Å². The van der Waals surface area contributed by atoms with Gasteiger partial charge in [-0.2, -0.15) is 0 Å². The minimum absolute atomic E-state index is 0.0695. The molecule has 0 aliphatic rings. The third kappa shape index (κ3) is 4.40. The summed E-state index contributed by atoms with van der Waals surface area (Å²) in [6, 6.07) is 5.04. The normalized spacial score (nSPS) is 13.5. The lowest BCUT2D eigenvalue weighted by atomic mass is 10.3. The van der Waals surface area contributed by atoms with Crippen LogP contribution in [0.15, 0.2) is 27.6 Å². The van der Waals surface area contributed by atoms with Gasteiger partial charge >= 0.3 is 0 Å². The summed E-state index contributed by atoms with van der Waals surface area (Å²) in [5, 5.41) is 0. The number of nitrogen functional groups attached to an aromatic ring is 1. The minimum atomic E-state index is -3.09. The Bertz CT molecular complexity index is 528. The summed E-state index contributed by atoms with van der Waals surface area (Å²) in [7, 11) is -4.46. The fourth-order valence-corrected chi connectivity index (χ4v) is 4.23. The maximum atomic E-state index is 11.9. The topological polar surface area (TPSA) is 77.2 Å². The monoisotopic (exact) mass is 339 g/mol. The Hall–Kier alpha value is -0.400. The first-order chi connectivity index (χ1) is 7.85. The van der Waals surface area contributed by atoms with Crippen LogP contribution in [0, 0.1) is 0 Å². The molecule has 7 heteroatoms. The first kappa shape index (κ1) is 14.7.